The maximum Gasteiger partial charge on any atom is 0.254 e. The SMILES string of the molecule is Cc1ccc(-c2ccccn2)c(C(=O)N2CCCC(C)C2CNc2ncc(F)cn2)c1. The van der Waals surface area contributed by atoms with E-state index in [1.54, 1.807) is 6.20 Å². The lowest BCUT2D eigenvalue weighted by molar-refractivity contribution is 0.0540. The number of carbonyl (C=O) groups excluding carboxylic acids is 1. The van der Waals surface area contributed by atoms with Crippen LogP contribution in [0.1, 0.15) is 35.7 Å². The summed E-state index contributed by atoms with van der Waals surface area (Å²) < 4.78 is 13.1. The Morgan fingerprint density at radius 1 is 1.19 bits per heavy atom. The van der Waals surface area contributed by atoms with Crippen molar-refractivity contribution in [2.45, 2.75) is 32.7 Å². The molecule has 160 valence electrons. The lowest BCUT2D eigenvalue weighted by Crippen LogP contribution is -2.51. The second kappa shape index (κ2) is 9.20. The van der Waals surface area contributed by atoms with Crippen molar-refractivity contribution in [2.24, 2.45) is 5.92 Å². The Hall–Kier alpha value is -3.35. The molecule has 0 radical (unpaired) electrons. The number of rotatable bonds is 5. The van der Waals surface area contributed by atoms with Crippen LogP contribution in [0.2, 0.25) is 0 Å². The van der Waals surface area contributed by atoms with E-state index in [1.807, 2.05) is 48.2 Å². The highest BCUT2D eigenvalue weighted by atomic mass is 19.1. The zero-order valence-corrected chi connectivity index (χ0v) is 17.8. The largest absolute Gasteiger partial charge is 0.352 e. The molecule has 1 fully saturated rings. The van der Waals surface area contributed by atoms with Crippen LogP contribution in [-0.2, 0) is 0 Å². The molecule has 2 unspecified atom stereocenters. The maximum atomic E-state index is 13.7. The Kier molecular flexibility index (Phi) is 6.21. The minimum Gasteiger partial charge on any atom is -0.352 e. The Morgan fingerprint density at radius 2 is 2.00 bits per heavy atom. The van der Waals surface area contributed by atoms with Gasteiger partial charge in [-0.15, -0.1) is 0 Å². The van der Waals surface area contributed by atoms with Crippen molar-refractivity contribution >= 4 is 11.9 Å². The van der Waals surface area contributed by atoms with Gasteiger partial charge in [0.15, 0.2) is 5.82 Å². The molecule has 1 aromatic carbocycles. The minimum atomic E-state index is -0.477. The highest BCUT2D eigenvalue weighted by Gasteiger charge is 2.33. The van der Waals surface area contributed by atoms with E-state index in [1.165, 1.54) is 0 Å². The molecular weight excluding hydrogens is 393 g/mol. The molecule has 4 rings (SSSR count). The summed E-state index contributed by atoms with van der Waals surface area (Å²) in [4.78, 5) is 28.1. The van der Waals surface area contributed by atoms with Crippen LogP contribution in [0.4, 0.5) is 10.3 Å². The molecule has 1 aliphatic rings. The Labute approximate surface area is 181 Å². The van der Waals surface area contributed by atoms with Crippen molar-refractivity contribution in [3.8, 4) is 11.3 Å². The van der Waals surface area contributed by atoms with Crippen molar-refractivity contribution < 1.29 is 9.18 Å². The van der Waals surface area contributed by atoms with Crippen LogP contribution in [-0.4, -0.2) is 44.9 Å². The summed E-state index contributed by atoms with van der Waals surface area (Å²) in [7, 11) is 0. The number of piperidine rings is 1. The molecule has 0 aliphatic carbocycles. The normalized spacial score (nSPS) is 18.6. The molecule has 0 saturated carbocycles. The third kappa shape index (κ3) is 4.71. The van der Waals surface area contributed by atoms with E-state index in [9.17, 15) is 9.18 Å². The molecule has 1 aliphatic heterocycles. The van der Waals surface area contributed by atoms with Gasteiger partial charge in [-0.2, -0.15) is 0 Å². The van der Waals surface area contributed by atoms with Gasteiger partial charge in [-0.05, 0) is 43.9 Å². The van der Waals surface area contributed by atoms with Crippen molar-refractivity contribution in [3.05, 3.63) is 71.9 Å². The number of aromatic nitrogens is 3. The molecule has 6 nitrogen and oxygen atoms in total. The number of nitrogens with one attached hydrogen (secondary N) is 1. The van der Waals surface area contributed by atoms with Gasteiger partial charge < -0.3 is 10.2 Å². The molecule has 31 heavy (non-hydrogen) atoms. The average Bonchev–Trinajstić information content (AvgIpc) is 2.79. The van der Waals surface area contributed by atoms with Crippen LogP contribution in [0.15, 0.2) is 55.0 Å². The number of pyridine rings is 1. The summed E-state index contributed by atoms with van der Waals surface area (Å²) in [6.45, 7) is 5.34. The van der Waals surface area contributed by atoms with E-state index in [4.69, 9.17) is 0 Å². The van der Waals surface area contributed by atoms with Gasteiger partial charge in [0.1, 0.15) is 0 Å². The quantitative estimate of drug-likeness (QED) is 0.666. The van der Waals surface area contributed by atoms with E-state index < -0.39 is 5.82 Å². The van der Waals surface area contributed by atoms with Crippen LogP contribution in [0, 0.1) is 18.7 Å². The fourth-order valence-corrected chi connectivity index (χ4v) is 4.15. The number of hydrogen-bond acceptors (Lipinski definition) is 5. The van der Waals surface area contributed by atoms with E-state index in [0.29, 0.717) is 30.5 Å². The molecule has 1 N–H and O–H groups in total. The first-order valence-corrected chi connectivity index (χ1v) is 10.6. The van der Waals surface area contributed by atoms with Gasteiger partial charge >= 0.3 is 0 Å². The molecule has 2 atom stereocenters. The molecule has 3 heterocycles. The Morgan fingerprint density at radius 3 is 2.74 bits per heavy atom. The number of anilines is 1. The summed E-state index contributed by atoms with van der Waals surface area (Å²) in [6.07, 6.45) is 6.01. The smallest absolute Gasteiger partial charge is 0.254 e. The third-order valence-corrected chi connectivity index (χ3v) is 5.81. The van der Waals surface area contributed by atoms with Crippen molar-refractivity contribution in [1.82, 2.24) is 19.9 Å². The first-order chi connectivity index (χ1) is 15.0. The molecule has 3 aromatic rings. The van der Waals surface area contributed by atoms with Crippen molar-refractivity contribution in [3.63, 3.8) is 0 Å². The Balaban J connectivity index is 1.61. The lowest BCUT2D eigenvalue weighted by atomic mass is 9.89. The van der Waals surface area contributed by atoms with Crippen LogP contribution < -0.4 is 5.32 Å². The average molecular weight is 420 g/mol. The maximum absolute atomic E-state index is 13.7. The second-order valence-electron chi connectivity index (χ2n) is 8.06. The summed E-state index contributed by atoms with van der Waals surface area (Å²) in [5.74, 6) is 0.197. The molecule has 2 aromatic heterocycles. The number of benzene rings is 1. The van der Waals surface area contributed by atoms with E-state index >= 15 is 0 Å². The highest BCUT2D eigenvalue weighted by molar-refractivity contribution is 6.01. The molecule has 0 spiro atoms. The van der Waals surface area contributed by atoms with Gasteiger partial charge in [0.05, 0.1) is 24.1 Å². The monoisotopic (exact) mass is 419 g/mol. The highest BCUT2D eigenvalue weighted by Crippen LogP contribution is 2.29. The number of likely N-dealkylation sites (tertiary alicyclic amines) is 1. The van der Waals surface area contributed by atoms with E-state index in [2.05, 4.69) is 27.2 Å². The first-order valence-electron chi connectivity index (χ1n) is 10.6. The van der Waals surface area contributed by atoms with E-state index in [0.717, 1.165) is 42.1 Å². The Bertz CT molecular complexity index is 1040. The molecule has 7 heteroatoms. The minimum absolute atomic E-state index is 0.00253. The van der Waals surface area contributed by atoms with Crippen LogP contribution in [0.25, 0.3) is 11.3 Å². The number of nitrogens with zero attached hydrogens (tertiary/aromatic N) is 4. The molecular formula is C24H26FN5O. The number of aryl methyl sites for hydroxylation is 1. The van der Waals surface area contributed by atoms with Crippen LogP contribution in [0.5, 0.6) is 0 Å². The molecule has 1 saturated heterocycles. The third-order valence-electron chi connectivity index (χ3n) is 5.81. The van der Waals surface area contributed by atoms with Crippen molar-refractivity contribution in [2.75, 3.05) is 18.4 Å². The zero-order chi connectivity index (χ0) is 21.8. The number of carbonyl (C=O) groups is 1. The molecule has 0 bridgehead atoms. The van der Waals surface area contributed by atoms with Crippen molar-refractivity contribution in [1.29, 1.82) is 0 Å². The summed E-state index contributed by atoms with van der Waals surface area (Å²) in [5, 5.41) is 3.17. The van der Waals surface area contributed by atoms with Gasteiger partial charge in [0.25, 0.3) is 5.91 Å². The van der Waals surface area contributed by atoms with Gasteiger partial charge in [0, 0.05) is 30.4 Å². The molecule has 1 amide bonds. The standard InChI is InChI=1S/C24H26FN5O/c1-16-8-9-19(21-7-3-4-10-26-21)20(12-16)23(31)30-11-5-6-17(2)22(30)15-29-24-27-13-18(25)14-28-24/h3-4,7-10,12-14,17,22H,5-6,11,15H2,1-2H3,(H,27,28,29). The fraction of sp³-hybridized carbons (Fsp3) is 0.333. The van der Waals surface area contributed by atoms with Crippen LogP contribution in [0.3, 0.4) is 0 Å². The second-order valence-corrected chi connectivity index (χ2v) is 8.06. The predicted molar refractivity (Wildman–Crippen MR) is 118 cm³/mol. The van der Waals surface area contributed by atoms with Crippen LogP contribution >= 0.6 is 0 Å². The lowest BCUT2D eigenvalue weighted by Gasteiger charge is -2.40. The van der Waals surface area contributed by atoms with Gasteiger partial charge in [-0.1, -0.05) is 30.7 Å². The number of amides is 1. The first kappa shape index (κ1) is 20.9. The fourth-order valence-electron chi connectivity index (χ4n) is 4.15. The van der Waals surface area contributed by atoms with Gasteiger partial charge in [0.2, 0.25) is 5.95 Å². The zero-order valence-electron chi connectivity index (χ0n) is 17.8. The summed E-state index contributed by atoms with van der Waals surface area (Å²) in [6, 6.07) is 11.6. The van der Waals surface area contributed by atoms with Gasteiger partial charge in [-0.3, -0.25) is 9.78 Å². The summed E-state index contributed by atoms with van der Waals surface area (Å²) >= 11 is 0. The van der Waals surface area contributed by atoms with Gasteiger partial charge in [-0.25, -0.2) is 14.4 Å². The number of hydrogen-bond donors (Lipinski definition) is 1. The topological polar surface area (TPSA) is 71.0 Å². The number of halogens is 1. The summed E-state index contributed by atoms with van der Waals surface area (Å²) in [5.41, 5.74) is 3.31. The van der Waals surface area contributed by atoms with E-state index in [-0.39, 0.29) is 11.9 Å². The predicted octanol–water partition coefficient (Wildman–Crippen LogP) is 4.34.